The topological polar surface area (TPSA) is 73.8 Å². The molecule has 0 aliphatic carbocycles. The first-order chi connectivity index (χ1) is 10.1. The molecule has 0 saturated heterocycles. The molecule has 2 aromatic rings. The first-order valence-corrected chi connectivity index (χ1v) is 7.97. The normalized spacial score (nSPS) is 10.8. The largest absolute Gasteiger partial charge is 0.370 e. The van der Waals surface area contributed by atoms with Crippen molar-refractivity contribution in [1.82, 2.24) is 14.8 Å². The van der Waals surface area contributed by atoms with Gasteiger partial charge in [-0.25, -0.2) is 0 Å². The lowest BCUT2D eigenvalue weighted by Crippen LogP contribution is -2.13. The number of amides is 1. The van der Waals surface area contributed by atoms with Gasteiger partial charge in [-0.2, -0.15) is 0 Å². The molecule has 0 saturated carbocycles. The number of hydrogen-bond acceptors (Lipinski definition) is 4. The zero-order chi connectivity index (χ0) is 15.2. The highest BCUT2D eigenvalue weighted by molar-refractivity contribution is 7.98. The fourth-order valence-corrected chi connectivity index (χ4v) is 2.97. The molecule has 1 heterocycles. The van der Waals surface area contributed by atoms with Gasteiger partial charge in [0.2, 0.25) is 5.91 Å². The summed E-state index contributed by atoms with van der Waals surface area (Å²) in [5.74, 6) is 1.37. The molecule has 1 aromatic heterocycles. The van der Waals surface area contributed by atoms with Crippen molar-refractivity contribution in [3.8, 4) is 0 Å². The van der Waals surface area contributed by atoms with E-state index < -0.39 is 0 Å². The Kier molecular flexibility index (Phi) is 5.38. The van der Waals surface area contributed by atoms with Crippen LogP contribution in [0.15, 0.2) is 29.4 Å². The molecule has 0 spiro atoms. The van der Waals surface area contributed by atoms with Gasteiger partial charge in [-0.1, -0.05) is 41.6 Å². The van der Waals surface area contributed by atoms with E-state index in [1.807, 2.05) is 11.5 Å². The van der Waals surface area contributed by atoms with Crippen molar-refractivity contribution in [3.63, 3.8) is 0 Å². The molecule has 0 fully saturated rings. The minimum Gasteiger partial charge on any atom is -0.370 e. The van der Waals surface area contributed by atoms with Crippen molar-refractivity contribution < 1.29 is 4.79 Å². The summed E-state index contributed by atoms with van der Waals surface area (Å²) in [6, 6.07) is 8.48. The molecule has 0 radical (unpaired) electrons. The number of carbonyl (C=O) groups excluding carboxylic acids is 1. The van der Waals surface area contributed by atoms with Crippen LogP contribution in [0.2, 0.25) is 0 Å². The van der Waals surface area contributed by atoms with Crippen LogP contribution in [0.5, 0.6) is 0 Å². The number of rotatable bonds is 7. The van der Waals surface area contributed by atoms with E-state index >= 15 is 0 Å². The Morgan fingerprint density at radius 2 is 2.00 bits per heavy atom. The third kappa shape index (κ3) is 4.32. The molecule has 0 bridgehead atoms. The fourth-order valence-electron chi connectivity index (χ4n) is 2.00. The van der Waals surface area contributed by atoms with E-state index in [1.165, 1.54) is 11.1 Å². The first-order valence-electron chi connectivity index (χ1n) is 6.99. The van der Waals surface area contributed by atoms with Crippen LogP contribution >= 0.6 is 11.8 Å². The standard InChI is InChI=1S/C15H20N4OS/c1-3-19-14(9-8-13(16)20)17-18-15(19)21-10-12-6-4-11(2)5-7-12/h4-7H,3,8-10H2,1-2H3,(H2,16,20). The van der Waals surface area contributed by atoms with E-state index in [-0.39, 0.29) is 5.91 Å². The summed E-state index contributed by atoms with van der Waals surface area (Å²) in [5.41, 5.74) is 7.70. The van der Waals surface area contributed by atoms with Crippen LogP contribution in [0, 0.1) is 6.92 Å². The van der Waals surface area contributed by atoms with Crippen molar-refractivity contribution in [2.24, 2.45) is 5.73 Å². The SMILES string of the molecule is CCn1c(CCC(N)=O)nnc1SCc1ccc(C)cc1. The molecule has 21 heavy (non-hydrogen) atoms. The minimum atomic E-state index is -0.311. The number of hydrogen-bond donors (Lipinski definition) is 1. The van der Waals surface area contributed by atoms with Crippen molar-refractivity contribution in [1.29, 1.82) is 0 Å². The third-order valence-corrected chi connectivity index (χ3v) is 4.23. The summed E-state index contributed by atoms with van der Waals surface area (Å²) in [6.07, 6.45) is 0.849. The highest BCUT2D eigenvalue weighted by atomic mass is 32.2. The Morgan fingerprint density at radius 1 is 1.29 bits per heavy atom. The first kappa shape index (κ1) is 15.6. The molecule has 2 rings (SSSR count). The molecule has 1 amide bonds. The third-order valence-electron chi connectivity index (χ3n) is 3.19. The monoisotopic (exact) mass is 304 g/mol. The Labute approximate surface area is 128 Å². The van der Waals surface area contributed by atoms with E-state index in [1.54, 1.807) is 11.8 Å². The van der Waals surface area contributed by atoms with Gasteiger partial charge in [0.25, 0.3) is 0 Å². The second-order valence-electron chi connectivity index (χ2n) is 4.88. The second kappa shape index (κ2) is 7.26. The van der Waals surface area contributed by atoms with Crippen molar-refractivity contribution in [2.75, 3.05) is 0 Å². The lowest BCUT2D eigenvalue weighted by molar-refractivity contribution is -0.118. The highest BCUT2D eigenvalue weighted by Gasteiger charge is 2.12. The van der Waals surface area contributed by atoms with Gasteiger partial charge in [0.15, 0.2) is 5.16 Å². The maximum atomic E-state index is 10.9. The van der Waals surface area contributed by atoms with Gasteiger partial charge in [0.05, 0.1) is 0 Å². The quantitative estimate of drug-likeness (QED) is 0.797. The van der Waals surface area contributed by atoms with Gasteiger partial charge >= 0.3 is 0 Å². The Morgan fingerprint density at radius 3 is 2.62 bits per heavy atom. The maximum absolute atomic E-state index is 10.9. The number of aromatic nitrogens is 3. The summed E-state index contributed by atoms with van der Waals surface area (Å²) >= 11 is 1.66. The zero-order valence-corrected chi connectivity index (χ0v) is 13.2. The number of carbonyl (C=O) groups is 1. The average Bonchev–Trinajstić information content (AvgIpc) is 2.86. The lowest BCUT2D eigenvalue weighted by Gasteiger charge is -2.07. The summed E-state index contributed by atoms with van der Waals surface area (Å²) in [4.78, 5) is 10.9. The average molecular weight is 304 g/mol. The molecule has 2 N–H and O–H groups in total. The van der Waals surface area contributed by atoms with Crippen LogP contribution in [0.3, 0.4) is 0 Å². The number of thioether (sulfide) groups is 1. The second-order valence-corrected chi connectivity index (χ2v) is 5.83. The smallest absolute Gasteiger partial charge is 0.217 e. The predicted octanol–water partition coefficient (Wildman–Crippen LogP) is 2.32. The van der Waals surface area contributed by atoms with Crippen LogP contribution in [0.25, 0.3) is 0 Å². The van der Waals surface area contributed by atoms with Gasteiger partial charge in [-0.05, 0) is 19.4 Å². The van der Waals surface area contributed by atoms with Crippen molar-refractivity contribution in [2.45, 2.75) is 44.1 Å². The predicted molar refractivity (Wildman–Crippen MR) is 84.0 cm³/mol. The molecule has 112 valence electrons. The van der Waals surface area contributed by atoms with Gasteiger partial charge in [0.1, 0.15) is 5.82 Å². The molecule has 5 nitrogen and oxygen atoms in total. The zero-order valence-electron chi connectivity index (χ0n) is 12.4. The van der Waals surface area contributed by atoms with Crippen LogP contribution in [0.1, 0.15) is 30.3 Å². The molecular formula is C15H20N4OS. The molecule has 0 unspecified atom stereocenters. The molecule has 0 aliphatic heterocycles. The number of primary amides is 1. The number of nitrogens with zero attached hydrogens (tertiary/aromatic N) is 3. The summed E-state index contributed by atoms with van der Waals surface area (Å²) in [7, 11) is 0. The summed E-state index contributed by atoms with van der Waals surface area (Å²) in [6.45, 7) is 4.92. The molecular weight excluding hydrogens is 284 g/mol. The Bertz CT molecular complexity index is 607. The molecule has 6 heteroatoms. The Balaban J connectivity index is 2.02. The van der Waals surface area contributed by atoms with Gasteiger partial charge < -0.3 is 10.3 Å². The van der Waals surface area contributed by atoms with E-state index in [4.69, 9.17) is 5.73 Å². The Hall–Kier alpha value is -1.82. The van der Waals surface area contributed by atoms with Crippen LogP contribution in [-0.2, 0) is 23.5 Å². The van der Waals surface area contributed by atoms with E-state index in [0.717, 1.165) is 23.3 Å². The summed E-state index contributed by atoms with van der Waals surface area (Å²) in [5, 5.41) is 9.28. The van der Waals surface area contributed by atoms with Gasteiger partial charge in [-0.3, -0.25) is 4.79 Å². The maximum Gasteiger partial charge on any atom is 0.217 e. The van der Waals surface area contributed by atoms with Crippen LogP contribution < -0.4 is 5.73 Å². The minimum absolute atomic E-state index is 0.306. The number of nitrogens with two attached hydrogens (primary N) is 1. The van der Waals surface area contributed by atoms with Crippen molar-refractivity contribution >= 4 is 17.7 Å². The molecule has 1 aromatic carbocycles. The molecule has 0 atom stereocenters. The van der Waals surface area contributed by atoms with E-state index in [0.29, 0.717) is 12.8 Å². The van der Waals surface area contributed by atoms with Crippen molar-refractivity contribution in [3.05, 3.63) is 41.2 Å². The number of benzene rings is 1. The van der Waals surface area contributed by atoms with Crippen LogP contribution in [0.4, 0.5) is 0 Å². The van der Waals surface area contributed by atoms with Gasteiger partial charge in [0, 0.05) is 25.1 Å². The van der Waals surface area contributed by atoms with Crippen LogP contribution in [-0.4, -0.2) is 20.7 Å². The van der Waals surface area contributed by atoms with E-state index in [9.17, 15) is 4.79 Å². The lowest BCUT2D eigenvalue weighted by atomic mass is 10.2. The van der Waals surface area contributed by atoms with E-state index in [2.05, 4.69) is 41.4 Å². The van der Waals surface area contributed by atoms with Gasteiger partial charge in [-0.15, -0.1) is 10.2 Å². The molecule has 0 aliphatic rings. The summed E-state index contributed by atoms with van der Waals surface area (Å²) < 4.78 is 2.04. The fraction of sp³-hybridized carbons (Fsp3) is 0.400. The number of aryl methyl sites for hydroxylation is 2. The highest BCUT2D eigenvalue weighted by Crippen LogP contribution is 2.22.